The molecule has 0 unspecified atom stereocenters. The Morgan fingerprint density at radius 3 is 2.85 bits per heavy atom. The van der Waals surface area contributed by atoms with Crippen molar-refractivity contribution in [1.29, 1.82) is 5.41 Å². The van der Waals surface area contributed by atoms with E-state index in [0.29, 0.717) is 40.8 Å². The van der Waals surface area contributed by atoms with E-state index in [1.807, 2.05) is 6.92 Å². The lowest BCUT2D eigenvalue weighted by atomic mass is 9.97. The Morgan fingerprint density at radius 2 is 2.22 bits per heavy atom. The summed E-state index contributed by atoms with van der Waals surface area (Å²) in [6, 6.07) is 4.50. The number of benzene rings is 1. The van der Waals surface area contributed by atoms with Gasteiger partial charge in [0.15, 0.2) is 11.7 Å². The van der Waals surface area contributed by atoms with Crippen molar-refractivity contribution in [3.05, 3.63) is 59.5 Å². The third-order valence-electron chi connectivity index (χ3n) is 4.51. The van der Waals surface area contributed by atoms with Crippen molar-refractivity contribution in [3.8, 4) is 11.3 Å². The zero-order valence-electron chi connectivity index (χ0n) is 15.5. The number of halogens is 2. The Balaban J connectivity index is 1.93. The zero-order valence-corrected chi connectivity index (χ0v) is 16.3. The molecule has 0 atom stereocenters. The highest BCUT2D eigenvalue weighted by Gasteiger charge is 2.21. The minimum Gasteiger partial charge on any atom is -0.441 e. The van der Waals surface area contributed by atoms with Gasteiger partial charge in [0, 0.05) is 37.2 Å². The molecule has 4 nitrogen and oxygen atoms in total. The zero-order chi connectivity index (χ0) is 19.6. The number of rotatable bonds is 8. The van der Waals surface area contributed by atoms with Crippen LogP contribution in [0.4, 0.5) is 4.39 Å². The van der Waals surface area contributed by atoms with Gasteiger partial charge < -0.3 is 9.73 Å². The minimum absolute atomic E-state index is 0.0378. The van der Waals surface area contributed by atoms with Crippen molar-refractivity contribution in [1.82, 2.24) is 10.3 Å². The van der Waals surface area contributed by atoms with Crippen molar-refractivity contribution in [2.24, 2.45) is 5.92 Å². The third kappa shape index (κ3) is 4.86. The maximum atomic E-state index is 13.7. The van der Waals surface area contributed by atoms with Crippen LogP contribution in [0, 0.1) is 24.1 Å². The van der Waals surface area contributed by atoms with Crippen molar-refractivity contribution in [2.45, 2.75) is 33.1 Å². The number of allylic oxidation sites excluding steroid dienone is 2. The molecule has 1 aromatic carbocycles. The summed E-state index contributed by atoms with van der Waals surface area (Å²) in [5.74, 6) is 1.44. The van der Waals surface area contributed by atoms with Crippen molar-refractivity contribution in [3.63, 3.8) is 0 Å². The molecule has 1 fully saturated rings. The van der Waals surface area contributed by atoms with Crippen LogP contribution < -0.4 is 5.32 Å². The highest BCUT2D eigenvalue weighted by atomic mass is 35.5. The van der Waals surface area contributed by atoms with E-state index in [-0.39, 0.29) is 11.0 Å². The number of oxazole rings is 1. The fraction of sp³-hybridized carbons (Fsp3) is 0.333. The molecule has 142 valence electrons. The summed E-state index contributed by atoms with van der Waals surface area (Å²) in [6.45, 7) is 8.40. The molecule has 0 amide bonds. The third-order valence-corrected chi connectivity index (χ3v) is 4.75. The number of nitrogens with one attached hydrogen (secondary N) is 2. The van der Waals surface area contributed by atoms with E-state index in [0.717, 1.165) is 17.7 Å². The summed E-state index contributed by atoms with van der Waals surface area (Å²) in [4.78, 5) is 4.47. The fourth-order valence-corrected chi connectivity index (χ4v) is 3.03. The average molecular weight is 388 g/mol. The summed E-state index contributed by atoms with van der Waals surface area (Å²) in [6.07, 6.45) is 4.62. The molecule has 0 spiro atoms. The summed E-state index contributed by atoms with van der Waals surface area (Å²) >= 11 is 5.99. The van der Waals surface area contributed by atoms with E-state index in [9.17, 15) is 4.39 Å². The first-order valence-corrected chi connectivity index (χ1v) is 9.32. The molecule has 6 heteroatoms. The monoisotopic (exact) mass is 387 g/mol. The van der Waals surface area contributed by atoms with Gasteiger partial charge in [-0.25, -0.2) is 9.37 Å². The van der Waals surface area contributed by atoms with Crippen LogP contribution in [0.2, 0.25) is 0 Å². The molecule has 0 saturated heterocycles. The van der Waals surface area contributed by atoms with Crippen molar-refractivity contribution in [2.75, 3.05) is 6.54 Å². The van der Waals surface area contributed by atoms with Gasteiger partial charge >= 0.3 is 0 Å². The van der Waals surface area contributed by atoms with Crippen molar-refractivity contribution >= 4 is 22.3 Å². The fourth-order valence-electron chi connectivity index (χ4n) is 2.91. The van der Waals surface area contributed by atoms with E-state index < -0.39 is 0 Å². The molecule has 0 aliphatic heterocycles. The Kier molecular flexibility index (Phi) is 5.80. The molecule has 0 radical (unpaired) electrons. The van der Waals surface area contributed by atoms with Gasteiger partial charge in [-0.2, -0.15) is 0 Å². The second-order valence-electron chi connectivity index (χ2n) is 6.99. The highest BCUT2D eigenvalue weighted by Crippen LogP contribution is 2.33. The largest absolute Gasteiger partial charge is 0.441 e. The average Bonchev–Trinajstić information content (AvgIpc) is 3.35. The van der Waals surface area contributed by atoms with Gasteiger partial charge in [0.2, 0.25) is 0 Å². The summed E-state index contributed by atoms with van der Waals surface area (Å²) in [5.41, 5.74) is 3.42. The van der Waals surface area contributed by atoms with Gasteiger partial charge in [-0.3, -0.25) is 5.41 Å². The molecule has 0 bridgehead atoms. The maximum absolute atomic E-state index is 13.7. The van der Waals surface area contributed by atoms with Gasteiger partial charge in [-0.1, -0.05) is 23.8 Å². The second-order valence-corrected chi connectivity index (χ2v) is 7.37. The number of hydrogen-bond acceptors (Lipinski definition) is 4. The van der Waals surface area contributed by atoms with E-state index in [1.54, 1.807) is 19.2 Å². The first-order valence-electron chi connectivity index (χ1n) is 8.94. The number of hydrogen-bond donors (Lipinski definition) is 2. The van der Waals surface area contributed by atoms with Crippen molar-refractivity contribution < 1.29 is 8.81 Å². The van der Waals surface area contributed by atoms with Crippen LogP contribution in [-0.4, -0.2) is 16.7 Å². The second kappa shape index (κ2) is 8.09. The predicted octanol–water partition coefficient (Wildman–Crippen LogP) is 5.46. The standard InChI is InChI=1S/C21H23ClFN3O/c1-12(2)18-9-16(23)6-7-17(18)20-19(26-13(3)27-20)8-15(21(22)24)11-25-10-14-4-5-14/h6-7,9,11,14,24-25H,1,4-5,8,10H2,2-3H3/b15-11-,24-21?. The molecule has 1 saturated carbocycles. The normalized spacial score (nSPS) is 14.3. The van der Waals surface area contributed by atoms with Crippen LogP contribution in [0.15, 0.2) is 41.0 Å². The molecule has 2 N–H and O–H groups in total. The lowest BCUT2D eigenvalue weighted by Gasteiger charge is -2.10. The minimum atomic E-state index is -0.332. The number of aryl methyl sites for hydroxylation is 1. The predicted molar refractivity (Wildman–Crippen MR) is 107 cm³/mol. The van der Waals surface area contributed by atoms with E-state index >= 15 is 0 Å². The molecular formula is C21H23ClFN3O. The van der Waals surface area contributed by atoms with Gasteiger partial charge in [-0.05, 0) is 49.4 Å². The lowest BCUT2D eigenvalue weighted by molar-refractivity contribution is 0.533. The SMILES string of the molecule is C=C(C)c1cc(F)ccc1-c1oc(C)nc1C/C(=C/NCC1CC1)C(=N)Cl. The van der Waals surface area contributed by atoms with Crippen LogP contribution in [0.25, 0.3) is 16.9 Å². The Morgan fingerprint density at radius 1 is 1.48 bits per heavy atom. The molecule has 1 heterocycles. The smallest absolute Gasteiger partial charge is 0.192 e. The maximum Gasteiger partial charge on any atom is 0.192 e. The topological polar surface area (TPSA) is 61.9 Å². The Labute approximate surface area is 163 Å². The molecule has 1 aliphatic carbocycles. The summed E-state index contributed by atoms with van der Waals surface area (Å²) < 4.78 is 19.5. The first kappa shape index (κ1) is 19.4. The quantitative estimate of drug-likeness (QED) is 0.591. The van der Waals surface area contributed by atoms with Crippen LogP contribution in [0.5, 0.6) is 0 Å². The highest BCUT2D eigenvalue weighted by molar-refractivity contribution is 6.68. The molecule has 2 aromatic rings. The number of nitrogens with zero attached hydrogens (tertiary/aromatic N) is 1. The van der Waals surface area contributed by atoms with Crippen LogP contribution >= 0.6 is 11.6 Å². The van der Waals surface area contributed by atoms with E-state index in [2.05, 4.69) is 16.9 Å². The lowest BCUT2D eigenvalue weighted by Crippen LogP contribution is -2.12. The molecule has 1 aromatic heterocycles. The van der Waals surface area contributed by atoms with E-state index in [4.69, 9.17) is 21.4 Å². The molecule has 27 heavy (non-hydrogen) atoms. The van der Waals surface area contributed by atoms with Crippen LogP contribution in [0.3, 0.4) is 0 Å². The summed E-state index contributed by atoms with van der Waals surface area (Å²) in [7, 11) is 0. The first-order chi connectivity index (χ1) is 12.8. The number of aromatic nitrogens is 1. The van der Waals surface area contributed by atoms with Gasteiger partial charge in [-0.15, -0.1) is 0 Å². The van der Waals surface area contributed by atoms with Gasteiger partial charge in [0.05, 0.1) is 5.69 Å². The van der Waals surface area contributed by atoms with Crippen LogP contribution in [0.1, 0.15) is 36.9 Å². The van der Waals surface area contributed by atoms with Crippen LogP contribution in [-0.2, 0) is 6.42 Å². The Bertz CT molecular complexity index is 912. The summed E-state index contributed by atoms with van der Waals surface area (Å²) in [5, 5.41) is 11.1. The molecule has 1 aliphatic rings. The van der Waals surface area contributed by atoms with Gasteiger partial charge in [0.25, 0.3) is 0 Å². The molecular weight excluding hydrogens is 365 g/mol. The Hall–Kier alpha value is -2.40. The molecule has 3 rings (SSSR count). The van der Waals surface area contributed by atoms with Gasteiger partial charge in [0.1, 0.15) is 11.0 Å². The van der Waals surface area contributed by atoms with E-state index in [1.165, 1.54) is 25.0 Å².